The Morgan fingerprint density at radius 1 is 1.21 bits per heavy atom. The maximum Gasteiger partial charge on any atom is 0.339 e. The van der Waals surface area contributed by atoms with Gasteiger partial charge in [0.25, 0.3) is 0 Å². The molecule has 1 aliphatic rings. The van der Waals surface area contributed by atoms with Crippen LogP contribution >= 0.6 is 0 Å². The largest absolute Gasteiger partial charge is 0.339 e. The van der Waals surface area contributed by atoms with E-state index in [1.165, 1.54) is 12.2 Å². The molecular weight excluding hydrogens is 184 g/mol. The number of carbonyl (C=O) groups excluding carboxylic acids is 2. The minimum atomic E-state index is -1.02. The Hall–Kier alpha value is -2.24. The van der Waals surface area contributed by atoms with E-state index in [0.717, 1.165) is 0 Å². The molecule has 0 fully saturated rings. The van der Waals surface area contributed by atoms with E-state index in [0.29, 0.717) is 5.70 Å². The Morgan fingerprint density at radius 3 is 2.43 bits per heavy atom. The summed E-state index contributed by atoms with van der Waals surface area (Å²) in [4.78, 5) is 27.8. The van der Waals surface area contributed by atoms with Crippen molar-refractivity contribution in [1.29, 1.82) is 0 Å². The number of azo groups is 1. The van der Waals surface area contributed by atoms with Gasteiger partial charge in [0, 0.05) is 0 Å². The number of amides is 2. The van der Waals surface area contributed by atoms with Crippen LogP contribution in [0.15, 0.2) is 44.6 Å². The number of hydrogen-bond donors (Lipinski definition) is 0. The van der Waals surface area contributed by atoms with Crippen molar-refractivity contribution in [3.63, 3.8) is 0 Å². The van der Waals surface area contributed by atoms with E-state index >= 15 is 0 Å². The highest BCUT2D eigenvalue weighted by atomic mass is 16.2. The van der Waals surface area contributed by atoms with Gasteiger partial charge >= 0.3 is 11.8 Å². The summed E-state index contributed by atoms with van der Waals surface area (Å²) in [6, 6.07) is 0. The lowest BCUT2D eigenvalue weighted by Crippen LogP contribution is -2.10. The summed E-state index contributed by atoms with van der Waals surface area (Å²) in [5.74, 6) is -2.00. The zero-order valence-corrected chi connectivity index (χ0v) is 7.17. The third-order valence-corrected chi connectivity index (χ3v) is 1.25. The fourth-order valence-corrected chi connectivity index (χ4v) is 0.632. The highest BCUT2D eigenvalue weighted by molar-refractivity contribution is 6.38. The first-order valence-electron chi connectivity index (χ1n) is 3.56. The first-order chi connectivity index (χ1) is 6.63. The predicted molar refractivity (Wildman–Crippen MR) is 50.1 cm³/mol. The Bertz CT molecular complexity index is 386. The summed E-state index contributed by atoms with van der Waals surface area (Å²) in [5.41, 5.74) is 0.449. The molecule has 0 radical (unpaired) electrons. The van der Waals surface area contributed by atoms with Crippen LogP contribution in [0.3, 0.4) is 0 Å². The maximum atomic E-state index is 10.9. The number of allylic oxidation sites excluding steroid dienone is 1. The lowest BCUT2D eigenvalue weighted by Gasteiger charge is -1.96. The lowest BCUT2D eigenvalue weighted by atomic mass is 10.4. The SMILES string of the molecule is C=NC(=O)C(=O)N=C1C=CC(=C)N=N1. The fourth-order valence-electron chi connectivity index (χ4n) is 0.632. The van der Waals surface area contributed by atoms with Gasteiger partial charge in [0.2, 0.25) is 0 Å². The zero-order valence-electron chi connectivity index (χ0n) is 7.17. The minimum Gasteiger partial charge on any atom is -0.261 e. The molecule has 0 aromatic heterocycles. The van der Waals surface area contributed by atoms with Gasteiger partial charge in [0.1, 0.15) is 0 Å². The van der Waals surface area contributed by atoms with Crippen LogP contribution in [0.1, 0.15) is 0 Å². The Labute approximate surface area is 79.5 Å². The molecule has 0 aliphatic carbocycles. The molecule has 1 heterocycles. The number of aliphatic imine (C=N–C) groups is 2. The van der Waals surface area contributed by atoms with Crippen molar-refractivity contribution in [2.45, 2.75) is 0 Å². The van der Waals surface area contributed by atoms with Crippen molar-refractivity contribution >= 4 is 24.4 Å². The molecule has 2 amide bonds. The molecule has 1 rings (SSSR count). The van der Waals surface area contributed by atoms with Crippen LogP contribution in [0.2, 0.25) is 0 Å². The number of nitrogens with zero attached hydrogens (tertiary/aromatic N) is 4. The molecule has 0 unspecified atom stereocenters. The second-order valence-electron chi connectivity index (χ2n) is 2.26. The van der Waals surface area contributed by atoms with Crippen LogP contribution in [-0.4, -0.2) is 24.4 Å². The van der Waals surface area contributed by atoms with Gasteiger partial charge in [0.15, 0.2) is 5.84 Å². The Kier molecular flexibility index (Phi) is 2.90. The van der Waals surface area contributed by atoms with Gasteiger partial charge in [-0.1, -0.05) is 6.58 Å². The van der Waals surface area contributed by atoms with Crippen molar-refractivity contribution < 1.29 is 9.59 Å². The van der Waals surface area contributed by atoms with Gasteiger partial charge < -0.3 is 0 Å². The topological polar surface area (TPSA) is 83.6 Å². The number of amidine groups is 1. The van der Waals surface area contributed by atoms with Crippen LogP contribution in [-0.2, 0) is 9.59 Å². The van der Waals surface area contributed by atoms with Crippen LogP contribution < -0.4 is 0 Å². The quantitative estimate of drug-likeness (QED) is 0.415. The van der Waals surface area contributed by atoms with E-state index in [4.69, 9.17) is 0 Å². The molecule has 0 spiro atoms. The van der Waals surface area contributed by atoms with Crippen molar-refractivity contribution in [3.05, 3.63) is 24.4 Å². The fraction of sp³-hybridized carbons (Fsp3) is 0. The second-order valence-corrected chi connectivity index (χ2v) is 2.26. The molecular formula is C8H6N4O2. The van der Waals surface area contributed by atoms with E-state index < -0.39 is 11.8 Å². The highest BCUT2D eigenvalue weighted by Gasteiger charge is 2.11. The molecule has 70 valence electrons. The monoisotopic (exact) mass is 190 g/mol. The normalized spacial score (nSPS) is 17.1. The molecule has 0 saturated carbocycles. The second kappa shape index (κ2) is 4.13. The summed E-state index contributed by atoms with van der Waals surface area (Å²) in [6.07, 6.45) is 2.94. The first kappa shape index (κ1) is 9.85. The molecule has 6 nitrogen and oxygen atoms in total. The molecule has 0 atom stereocenters. The van der Waals surface area contributed by atoms with E-state index in [2.05, 4.69) is 33.5 Å². The summed E-state index contributed by atoms with van der Waals surface area (Å²) in [6.45, 7) is 6.41. The predicted octanol–water partition coefficient (Wildman–Crippen LogP) is 0.674. The molecule has 0 bridgehead atoms. The lowest BCUT2D eigenvalue weighted by molar-refractivity contribution is -0.134. The van der Waals surface area contributed by atoms with Crippen molar-refractivity contribution in [1.82, 2.24) is 0 Å². The van der Waals surface area contributed by atoms with Crippen LogP contribution in [0.5, 0.6) is 0 Å². The van der Waals surface area contributed by atoms with E-state index in [1.54, 1.807) is 0 Å². The molecule has 0 N–H and O–H groups in total. The average Bonchev–Trinajstić information content (AvgIpc) is 2.20. The molecule has 0 saturated heterocycles. The van der Waals surface area contributed by atoms with Crippen molar-refractivity contribution in [2.24, 2.45) is 20.2 Å². The standard InChI is InChI=1S/C8H6N4O2/c1-5-3-4-6(12-11-5)10-8(14)7(13)9-2/h3-4H,1-2H2. The summed E-state index contributed by atoms with van der Waals surface area (Å²) in [7, 11) is 0. The van der Waals surface area contributed by atoms with Gasteiger partial charge in [-0.25, -0.2) is 4.99 Å². The Morgan fingerprint density at radius 2 is 1.93 bits per heavy atom. The van der Waals surface area contributed by atoms with E-state index in [9.17, 15) is 9.59 Å². The highest BCUT2D eigenvalue weighted by Crippen LogP contribution is 2.04. The van der Waals surface area contributed by atoms with Gasteiger partial charge in [-0.05, 0) is 18.9 Å². The molecule has 1 aliphatic heterocycles. The molecule has 14 heavy (non-hydrogen) atoms. The third-order valence-electron chi connectivity index (χ3n) is 1.25. The van der Waals surface area contributed by atoms with Gasteiger partial charge in [-0.3, -0.25) is 9.59 Å². The first-order valence-corrected chi connectivity index (χ1v) is 3.56. The summed E-state index contributed by atoms with van der Waals surface area (Å²) in [5, 5.41) is 7.07. The van der Waals surface area contributed by atoms with E-state index in [-0.39, 0.29) is 5.84 Å². The van der Waals surface area contributed by atoms with Gasteiger partial charge in [-0.15, -0.1) is 10.2 Å². The molecule has 0 aromatic rings. The Balaban J connectivity index is 2.81. The van der Waals surface area contributed by atoms with Crippen molar-refractivity contribution in [3.8, 4) is 0 Å². The summed E-state index contributed by atoms with van der Waals surface area (Å²) < 4.78 is 0. The number of rotatable bonds is 0. The smallest absolute Gasteiger partial charge is 0.261 e. The number of carbonyl (C=O) groups is 2. The van der Waals surface area contributed by atoms with Crippen molar-refractivity contribution in [2.75, 3.05) is 0 Å². The van der Waals surface area contributed by atoms with Gasteiger partial charge in [-0.2, -0.15) is 4.99 Å². The zero-order chi connectivity index (χ0) is 10.6. The summed E-state index contributed by atoms with van der Waals surface area (Å²) >= 11 is 0. The third kappa shape index (κ3) is 2.37. The van der Waals surface area contributed by atoms with Crippen LogP contribution in [0, 0.1) is 0 Å². The minimum absolute atomic E-state index is 0.0411. The van der Waals surface area contributed by atoms with Crippen LogP contribution in [0.25, 0.3) is 0 Å². The number of hydrogen-bond acceptors (Lipinski definition) is 3. The molecule has 0 aromatic carbocycles. The van der Waals surface area contributed by atoms with Crippen LogP contribution in [0.4, 0.5) is 0 Å². The molecule has 6 heteroatoms. The maximum absolute atomic E-state index is 10.9. The van der Waals surface area contributed by atoms with E-state index in [1.807, 2.05) is 0 Å². The van der Waals surface area contributed by atoms with Gasteiger partial charge in [0.05, 0.1) is 5.70 Å². The average molecular weight is 190 g/mol.